The minimum atomic E-state index is -1.75. The maximum absolute atomic E-state index is 8.25. The van der Waals surface area contributed by atoms with Crippen molar-refractivity contribution in [3.8, 4) is 0 Å². The van der Waals surface area contributed by atoms with Gasteiger partial charge in [0.1, 0.15) is 31.8 Å². The first kappa shape index (κ1) is 42.1. The third kappa shape index (κ3) is 12.2. The fourth-order valence-corrected chi connectivity index (χ4v) is 11.5. The van der Waals surface area contributed by atoms with Crippen molar-refractivity contribution in [1.82, 2.24) is 0 Å². The van der Waals surface area contributed by atoms with Crippen LogP contribution in [-0.4, -0.2) is 5.09 Å². The van der Waals surface area contributed by atoms with Crippen molar-refractivity contribution in [1.29, 1.82) is 0 Å². The SMILES string of the molecule is C1=C[N-]c2c3c(ccc2=C1)=CC=C[N-]3.O=[N+]([O-])[O-].[Cu+].c1ccc([PH+](c2ccccc2)c2ccccc2)cc1.c1ccc([PH+](c2ccccc2)c2ccccc2)cc1. The molecule has 0 bridgehead atoms. The quantitative estimate of drug-likeness (QED) is 0.0729. The maximum Gasteiger partial charge on any atom is 1.00 e. The summed E-state index contributed by atoms with van der Waals surface area (Å²) in [4.78, 5) is 8.25. The van der Waals surface area contributed by atoms with E-state index < -0.39 is 20.9 Å². The van der Waals surface area contributed by atoms with Crippen LogP contribution in [-0.2, 0) is 17.1 Å². The number of allylic oxidation sites excluding steroid dienone is 2. The van der Waals surface area contributed by atoms with E-state index in [4.69, 9.17) is 15.3 Å². The fourth-order valence-electron chi connectivity index (χ4n) is 6.31. The van der Waals surface area contributed by atoms with Gasteiger partial charge < -0.3 is 26.0 Å². The van der Waals surface area contributed by atoms with Crippen molar-refractivity contribution >= 4 is 71.2 Å². The first-order valence-electron chi connectivity index (χ1n) is 18.0. The van der Waals surface area contributed by atoms with E-state index >= 15 is 0 Å². The zero-order chi connectivity index (χ0) is 38.8. The summed E-state index contributed by atoms with van der Waals surface area (Å²) in [6.07, 6.45) is 11.6. The molecule has 0 amide bonds. The van der Waals surface area contributed by atoms with Gasteiger partial charge in [0, 0.05) is 0 Å². The third-order valence-corrected chi connectivity index (χ3v) is 14.2. The van der Waals surface area contributed by atoms with Crippen LogP contribution in [0, 0.1) is 15.3 Å². The average Bonchev–Trinajstić information content (AvgIpc) is 3.26. The van der Waals surface area contributed by atoms with Crippen molar-refractivity contribution in [2.75, 3.05) is 0 Å². The molecule has 7 aromatic carbocycles. The molecule has 0 aliphatic carbocycles. The van der Waals surface area contributed by atoms with Crippen LogP contribution in [0.25, 0.3) is 22.8 Å². The van der Waals surface area contributed by atoms with E-state index in [1.165, 1.54) is 31.8 Å². The zero-order valence-corrected chi connectivity index (χ0v) is 33.7. The first-order valence-corrected chi connectivity index (χ1v) is 21.0. The van der Waals surface area contributed by atoms with Crippen LogP contribution in [0.3, 0.4) is 0 Å². The molecule has 0 N–H and O–H groups in total. The second-order valence-corrected chi connectivity index (χ2v) is 17.3. The molecule has 9 heteroatoms. The van der Waals surface area contributed by atoms with Gasteiger partial charge in [-0.25, -0.2) is 0 Å². The van der Waals surface area contributed by atoms with Crippen LogP contribution >= 0.6 is 15.8 Å². The van der Waals surface area contributed by atoms with Gasteiger partial charge in [-0.1, -0.05) is 146 Å². The van der Waals surface area contributed by atoms with Crippen LogP contribution in [0.5, 0.6) is 0 Å². The molecule has 0 spiro atoms. The zero-order valence-electron chi connectivity index (χ0n) is 30.8. The molecule has 57 heavy (non-hydrogen) atoms. The molecule has 0 fully saturated rings. The van der Waals surface area contributed by atoms with E-state index in [1.807, 2.05) is 12.2 Å². The smallest absolute Gasteiger partial charge is 0.665 e. The van der Waals surface area contributed by atoms with Crippen molar-refractivity contribution in [2.24, 2.45) is 0 Å². The van der Waals surface area contributed by atoms with Crippen LogP contribution in [0.2, 0.25) is 0 Å². The Morgan fingerprint density at radius 3 is 0.789 bits per heavy atom. The molecule has 0 saturated heterocycles. The molecule has 2 aliphatic rings. The summed E-state index contributed by atoms with van der Waals surface area (Å²) in [5.41, 5.74) is 1.95. The summed E-state index contributed by atoms with van der Waals surface area (Å²) in [5, 5.41) is 34.3. The first-order chi connectivity index (χ1) is 27.6. The standard InChI is InChI=1S/2C18H15P.C12H8N2.Cu.NO3/c2*1-4-10-16(11-5-1)19(17-12-6-2-7-13-17)18-14-8-3-9-15-18;1-3-9-5-6-10-4-2-8-14-12(10)11(9)13-7-1;;2-1(3)4/h2*1-15H;1-8H;;/q;;-2;+1;-1/p+2. The Hall–Kier alpha value is -6.06. The van der Waals surface area contributed by atoms with E-state index in [1.54, 1.807) is 12.4 Å². The number of hydrogen-bond donors (Lipinski definition) is 0. The summed E-state index contributed by atoms with van der Waals surface area (Å²) in [6, 6.07) is 69.1. The topological polar surface area (TPSA) is 94.4 Å². The van der Waals surface area contributed by atoms with Crippen molar-refractivity contribution in [3.05, 3.63) is 255 Å². The predicted molar refractivity (Wildman–Crippen MR) is 242 cm³/mol. The number of hydrogen-bond acceptors (Lipinski definition) is 3. The molecule has 2 heterocycles. The predicted octanol–water partition coefficient (Wildman–Crippen LogP) is 8.43. The van der Waals surface area contributed by atoms with Crippen molar-refractivity contribution in [2.45, 2.75) is 0 Å². The van der Waals surface area contributed by atoms with Gasteiger partial charge in [0.25, 0.3) is 0 Å². The molecule has 2 aliphatic heterocycles. The Labute approximate surface area is 346 Å². The fraction of sp³-hybridized carbons (Fsp3) is 0. The molecule has 0 aromatic heterocycles. The van der Waals surface area contributed by atoms with Crippen LogP contribution in [0.4, 0.5) is 11.4 Å². The van der Waals surface area contributed by atoms with Gasteiger partial charge in [-0.05, 0) is 83.2 Å². The van der Waals surface area contributed by atoms with Gasteiger partial charge in [0.05, 0.1) is 20.9 Å². The van der Waals surface area contributed by atoms with Crippen LogP contribution in [0.1, 0.15) is 0 Å². The van der Waals surface area contributed by atoms with Gasteiger partial charge in [-0.15, -0.1) is 11.4 Å². The number of benzene rings is 7. The summed E-state index contributed by atoms with van der Waals surface area (Å²) in [5.74, 6) is 0. The largest absolute Gasteiger partial charge is 1.00 e. The second-order valence-electron chi connectivity index (χ2n) is 12.4. The second kappa shape index (κ2) is 22.5. The molecule has 286 valence electrons. The van der Waals surface area contributed by atoms with Gasteiger partial charge in [0.2, 0.25) is 0 Å². The van der Waals surface area contributed by atoms with E-state index in [9.17, 15) is 0 Å². The summed E-state index contributed by atoms with van der Waals surface area (Å²) < 4.78 is 0. The normalized spacial score (nSPS) is 11.3. The Morgan fingerprint density at radius 1 is 0.368 bits per heavy atom. The molecular weight excluding hydrogens is 792 g/mol. The Balaban J connectivity index is 0.000000156. The van der Waals surface area contributed by atoms with Crippen LogP contribution < -0.4 is 42.3 Å². The molecule has 9 rings (SSSR count). The molecule has 7 aromatic rings. The number of rotatable bonds is 6. The average molecular weight is 832 g/mol. The molecular formula is C48H40CuN3O3P2. The summed E-state index contributed by atoms with van der Waals surface area (Å²) >= 11 is 0. The Bertz CT molecular complexity index is 2100. The van der Waals surface area contributed by atoms with Gasteiger partial charge in [-0.2, -0.15) is 12.4 Å². The van der Waals surface area contributed by atoms with Crippen molar-refractivity contribution < 1.29 is 22.2 Å². The van der Waals surface area contributed by atoms with Gasteiger partial charge >= 0.3 is 17.1 Å². The molecule has 0 unspecified atom stereocenters. The minimum Gasteiger partial charge on any atom is -0.665 e. The Morgan fingerprint density at radius 2 is 0.579 bits per heavy atom. The van der Waals surface area contributed by atoms with E-state index in [0.29, 0.717) is 0 Å². The summed E-state index contributed by atoms with van der Waals surface area (Å²) in [6.45, 7) is 0. The number of fused-ring (bicyclic) bond motifs is 3. The molecule has 0 saturated carbocycles. The molecule has 6 nitrogen and oxygen atoms in total. The van der Waals surface area contributed by atoms with E-state index in [2.05, 4.69) is 217 Å². The number of nitrogens with zero attached hydrogens (tertiary/aromatic N) is 3. The minimum absolute atomic E-state index is 0. The maximum atomic E-state index is 8.25. The van der Waals surface area contributed by atoms with E-state index in [-0.39, 0.29) is 17.1 Å². The Kier molecular flexibility index (Phi) is 16.6. The van der Waals surface area contributed by atoms with Gasteiger partial charge in [0.15, 0.2) is 0 Å². The van der Waals surface area contributed by atoms with Gasteiger partial charge in [-0.3, -0.25) is 0 Å². The summed E-state index contributed by atoms with van der Waals surface area (Å²) in [7, 11) is -1.75. The molecule has 0 atom stereocenters. The van der Waals surface area contributed by atoms with E-state index in [0.717, 1.165) is 21.8 Å². The van der Waals surface area contributed by atoms with Crippen LogP contribution in [0.15, 0.2) is 219 Å². The van der Waals surface area contributed by atoms with Crippen molar-refractivity contribution in [3.63, 3.8) is 0 Å². The molecule has 0 radical (unpaired) electrons. The monoisotopic (exact) mass is 831 g/mol. The third-order valence-electron chi connectivity index (χ3n) is 8.72.